The van der Waals surface area contributed by atoms with Crippen LogP contribution in [0.2, 0.25) is 20.1 Å². The maximum absolute atomic E-state index is 14.9. The highest BCUT2D eigenvalue weighted by Gasteiger charge is 2.54. The van der Waals surface area contributed by atoms with Crippen LogP contribution in [0, 0.1) is 24.0 Å². The van der Waals surface area contributed by atoms with Crippen LogP contribution >= 0.6 is 46.4 Å². The number of esters is 1. The molecule has 0 radical (unpaired) electrons. The number of aliphatic hydroxyl groups is 1. The molecule has 364 valence electrons. The van der Waals surface area contributed by atoms with Gasteiger partial charge in [-0.05, 0) is 91.3 Å². The average Bonchev–Trinajstić information content (AvgIpc) is 4.22. The summed E-state index contributed by atoms with van der Waals surface area (Å²) in [6.45, 7) is 7.52. The van der Waals surface area contributed by atoms with Gasteiger partial charge in [0.2, 0.25) is 23.6 Å². The van der Waals surface area contributed by atoms with Crippen molar-refractivity contribution in [3.05, 3.63) is 116 Å². The van der Waals surface area contributed by atoms with Crippen LogP contribution in [0.3, 0.4) is 0 Å². The maximum atomic E-state index is 14.9. The van der Waals surface area contributed by atoms with Gasteiger partial charge in [0, 0.05) is 51.9 Å². The molecule has 0 unspecified atom stereocenters. The molecule has 0 heterocycles. The molecule has 13 nitrogen and oxygen atoms in total. The Morgan fingerprint density at radius 2 is 0.971 bits per heavy atom. The largest absolute Gasteiger partial charge is 0.481 e. The zero-order valence-corrected chi connectivity index (χ0v) is 40.9. The molecular weight excluding hydrogens is 968 g/mol. The number of amides is 4. The zero-order chi connectivity index (χ0) is 50.9. The molecule has 6 rings (SSSR count). The number of benzene rings is 4. The van der Waals surface area contributed by atoms with E-state index in [1.165, 1.54) is 39.8 Å². The average molecular weight is 1020 g/mol. The van der Waals surface area contributed by atoms with Gasteiger partial charge < -0.3 is 36.2 Å². The highest BCUT2D eigenvalue weighted by molar-refractivity contribution is 6.42. The molecule has 4 aromatic rings. The van der Waals surface area contributed by atoms with Gasteiger partial charge in [-0.1, -0.05) is 82.8 Å². The Morgan fingerprint density at radius 1 is 0.618 bits per heavy atom. The van der Waals surface area contributed by atoms with E-state index >= 15 is 0 Å². The second-order valence-electron chi connectivity index (χ2n) is 15.8. The third-order valence-corrected chi connectivity index (χ3v) is 11.9. The molecular formula is C49H52Cl4F2N4O9. The number of hydrogen-bond donors (Lipinski definition) is 6. The molecule has 4 amide bonds. The smallest absolute Gasteiger partial charge is 0.316 e. The van der Waals surface area contributed by atoms with E-state index in [-0.39, 0.29) is 49.8 Å². The quantitative estimate of drug-likeness (QED) is 0.0502. The van der Waals surface area contributed by atoms with Crippen molar-refractivity contribution in [3.63, 3.8) is 0 Å². The first-order chi connectivity index (χ1) is 32.0. The number of aliphatic carboxylic acids is 1. The second kappa shape index (κ2) is 26.1. The summed E-state index contributed by atoms with van der Waals surface area (Å²) in [5, 5.41) is 29.8. The van der Waals surface area contributed by atoms with E-state index in [1.807, 2.05) is 0 Å². The molecule has 0 bridgehead atoms. The number of aliphatic hydroxyl groups excluding tert-OH is 1. The minimum absolute atomic E-state index is 0.0576. The SMILES string of the molecule is C#CC.CC(=O)NCC(CNC(C)=O)OC(=O)C1(c2ccc(-c3ccc(Cl)c(Cl)c3)c(F)c2)CC1.CC(=O)NCC(O)CNC(C)=O.O=C(O)C1(c2ccc(-c3ccc(Cl)c(Cl)c3)c(F)c2)CC1. The molecule has 68 heavy (non-hydrogen) atoms. The van der Waals surface area contributed by atoms with Gasteiger partial charge in [-0.15, -0.1) is 12.3 Å². The number of ether oxygens (including phenoxy) is 1. The summed E-state index contributed by atoms with van der Waals surface area (Å²) in [6, 6.07) is 18.9. The first-order valence-corrected chi connectivity index (χ1v) is 22.5. The van der Waals surface area contributed by atoms with Gasteiger partial charge in [0.1, 0.15) is 17.7 Å². The van der Waals surface area contributed by atoms with Gasteiger partial charge in [0.05, 0.1) is 50.1 Å². The molecule has 4 aromatic carbocycles. The lowest BCUT2D eigenvalue weighted by Crippen LogP contribution is -2.43. The lowest BCUT2D eigenvalue weighted by atomic mass is 9.93. The summed E-state index contributed by atoms with van der Waals surface area (Å²) in [5.74, 6) is -1.07. The van der Waals surface area contributed by atoms with Gasteiger partial charge in [0.25, 0.3) is 0 Å². The van der Waals surface area contributed by atoms with Crippen molar-refractivity contribution in [1.29, 1.82) is 0 Å². The number of halogens is 6. The Morgan fingerprint density at radius 3 is 1.28 bits per heavy atom. The van der Waals surface area contributed by atoms with Crippen molar-refractivity contribution >= 4 is 82.0 Å². The molecule has 2 aliphatic carbocycles. The zero-order valence-electron chi connectivity index (χ0n) is 37.8. The number of carboxylic acids is 1. The van der Waals surface area contributed by atoms with Crippen LogP contribution in [0.25, 0.3) is 22.3 Å². The minimum Gasteiger partial charge on any atom is -0.481 e. The number of carbonyl (C=O) groups excluding carboxylic acids is 5. The van der Waals surface area contributed by atoms with Gasteiger partial charge >= 0.3 is 11.9 Å². The number of rotatable bonds is 15. The molecule has 0 spiro atoms. The molecule has 6 N–H and O–H groups in total. The van der Waals surface area contributed by atoms with Crippen LogP contribution in [0.1, 0.15) is 71.4 Å². The fourth-order valence-corrected chi connectivity index (χ4v) is 7.03. The monoisotopic (exact) mass is 1020 g/mol. The van der Waals surface area contributed by atoms with Crippen molar-refractivity contribution in [2.24, 2.45) is 0 Å². The first-order valence-electron chi connectivity index (χ1n) is 21.0. The second-order valence-corrected chi connectivity index (χ2v) is 17.5. The molecule has 2 aliphatic rings. The number of carbonyl (C=O) groups is 6. The van der Waals surface area contributed by atoms with Crippen LogP contribution < -0.4 is 21.3 Å². The van der Waals surface area contributed by atoms with Crippen LogP contribution in [0.15, 0.2) is 72.8 Å². The molecule has 0 atom stereocenters. The molecule has 0 aromatic heterocycles. The molecule has 0 aliphatic heterocycles. The summed E-state index contributed by atoms with van der Waals surface area (Å²) in [6.07, 6.45) is 5.27. The first kappa shape index (κ1) is 56.6. The van der Waals surface area contributed by atoms with Crippen LogP contribution in [0.5, 0.6) is 0 Å². The minimum atomic E-state index is -0.943. The molecule has 0 saturated heterocycles. The summed E-state index contributed by atoms with van der Waals surface area (Å²) in [5.41, 5.74) is 1.07. The van der Waals surface area contributed by atoms with E-state index in [0.717, 1.165) is 0 Å². The van der Waals surface area contributed by atoms with Crippen molar-refractivity contribution in [3.8, 4) is 34.6 Å². The summed E-state index contributed by atoms with van der Waals surface area (Å²) in [4.78, 5) is 67.5. The highest BCUT2D eigenvalue weighted by atomic mass is 35.5. The third-order valence-electron chi connectivity index (χ3n) is 10.4. The predicted octanol–water partition coefficient (Wildman–Crippen LogP) is 8.19. The van der Waals surface area contributed by atoms with Gasteiger partial charge in [-0.2, -0.15) is 0 Å². The molecule has 2 saturated carbocycles. The van der Waals surface area contributed by atoms with Crippen molar-refractivity contribution in [1.82, 2.24) is 21.3 Å². The van der Waals surface area contributed by atoms with E-state index in [2.05, 4.69) is 33.6 Å². The van der Waals surface area contributed by atoms with E-state index in [0.29, 0.717) is 79.2 Å². The van der Waals surface area contributed by atoms with Gasteiger partial charge in [-0.3, -0.25) is 28.8 Å². The Labute approximate surface area is 413 Å². The Kier molecular flexibility index (Phi) is 21.7. The summed E-state index contributed by atoms with van der Waals surface area (Å²) in [7, 11) is 0. The van der Waals surface area contributed by atoms with E-state index in [1.54, 1.807) is 67.6 Å². The fraction of sp³-hybridized carbons (Fsp3) is 0.347. The lowest BCUT2D eigenvalue weighted by molar-refractivity contribution is -0.152. The van der Waals surface area contributed by atoms with Crippen molar-refractivity contribution in [2.45, 2.75) is 83.3 Å². The molecule has 19 heteroatoms. The lowest BCUT2D eigenvalue weighted by Gasteiger charge is -2.22. The van der Waals surface area contributed by atoms with E-state index in [4.69, 9.17) is 56.2 Å². The van der Waals surface area contributed by atoms with Crippen LogP contribution in [-0.4, -0.2) is 84.2 Å². The molecule has 2 fully saturated rings. The number of nitrogens with one attached hydrogen (secondary N) is 4. The van der Waals surface area contributed by atoms with Crippen LogP contribution in [0.4, 0.5) is 8.78 Å². The Balaban J connectivity index is 0.000000291. The topological polar surface area (TPSA) is 200 Å². The van der Waals surface area contributed by atoms with Crippen molar-refractivity contribution < 1.29 is 52.5 Å². The highest BCUT2D eigenvalue weighted by Crippen LogP contribution is 2.51. The number of terminal acetylenes is 1. The van der Waals surface area contributed by atoms with E-state index in [9.17, 15) is 42.7 Å². The Bertz CT molecular complexity index is 2490. The summed E-state index contributed by atoms with van der Waals surface area (Å²) < 4.78 is 34.9. The Hall–Kier alpha value is -5.76. The summed E-state index contributed by atoms with van der Waals surface area (Å²) >= 11 is 23.8. The number of hydrogen-bond acceptors (Lipinski definition) is 8. The standard InChI is InChI=1S/C23H23Cl2FN2O4.C16H11Cl2FO2.C7H14N2O3.C3H4/c1-13(29)27-11-17(12-28-14(2)30)32-22(31)23(7-8-23)16-4-5-18(21(26)10-16)15-3-6-19(24)20(25)9-15;17-12-4-1-9(7-13(12)18)11-3-2-10(8-14(11)19)16(5-6-16)15(20)21;1-5(10)8-3-7(12)4-9-6(2)11;1-3-2/h3-6,9-10,17H,7-8,11-12H2,1-2H3,(H,27,29)(H,28,30);1-4,7-8H,5-6H2,(H,20,21);7,12H,3-4H2,1-2H3,(H,8,10)(H,9,11);1H,2H3. The van der Waals surface area contributed by atoms with Gasteiger partial charge in [-0.25, -0.2) is 8.78 Å². The maximum Gasteiger partial charge on any atom is 0.316 e. The predicted molar refractivity (Wildman–Crippen MR) is 258 cm³/mol. The van der Waals surface area contributed by atoms with Crippen molar-refractivity contribution in [2.75, 3.05) is 26.2 Å². The van der Waals surface area contributed by atoms with E-state index < -0.39 is 46.6 Å². The fourth-order valence-electron chi connectivity index (χ4n) is 6.44. The normalized spacial score (nSPS) is 13.3. The third kappa shape index (κ3) is 16.8. The number of carboxylic acid groups (broad SMARTS) is 1. The van der Waals surface area contributed by atoms with Crippen LogP contribution in [-0.2, 0) is 44.3 Å². The van der Waals surface area contributed by atoms with Gasteiger partial charge in [0.15, 0.2) is 0 Å².